The summed E-state index contributed by atoms with van der Waals surface area (Å²) in [5.74, 6) is 0.0850. The van der Waals surface area contributed by atoms with Gasteiger partial charge >= 0.3 is 0 Å². The minimum Gasteiger partial charge on any atom is -0.369 e. The number of hydrogen-bond donors (Lipinski definition) is 0. The first-order valence-electron chi connectivity index (χ1n) is 12.4. The zero-order valence-corrected chi connectivity index (χ0v) is 21.4. The monoisotopic (exact) mass is 502 g/mol. The van der Waals surface area contributed by atoms with Gasteiger partial charge in [-0.1, -0.05) is 35.9 Å². The molecule has 0 spiro atoms. The van der Waals surface area contributed by atoms with E-state index in [2.05, 4.69) is 31.8 Å². The van der Waals surface area contributed by atoms with Gasteiger partial charge in [0, 0.05) is 77.8 Å². The van der Waals surface area contributed by atoms with Crippen LogP contribution < -0.4 is 9.80 Å². The summed E-state index contributed by atoms with van der Waals surface area (Å²) in [5, 5.41) is 0.801. The Morgan fingerprint density at radius 2 is 1.64 bits per heavy atom. The largest absolute Gasteiger partial charge is 0.369 e. The highest BCUT2D eigenvalue weighted by molar-refractivity contribution is 6.33. The van der Waals surface area contributed by atoms with E-state index in [9.17, 15) is 4.79 Å². The minimum atomic E-state index is 0.0850. The van der Waals surface area contributed by atoms with Crippen LogP contribution in [0.25, 0.3) is 4.85 Å². The SMILES string of the molecule is [C-]#[N+]c1cccc(N2CCN(C(=O)c3cc(CN4CCN(c5ccccc5Cl)CC4)cn3C)CC2)c1. The number of amides is 1. The molecule has 2 aliphatic rings. The van der Waals surface area contributed by atoms with Gasteiger partial charge in [-0.2, -0.15) is 0 Å². The van der Waals surface area contributed by atoms with Gasteiger partial charge in [0.15, 0.2) is 5.69 Å². The van der Waals surface area contributed by atoms with Crippen LogP contribution in [0.2, 0.25) is 5.02 Å². The molecule has 2 aromatic carbocycles. The number of para-hydroxylation sites is 1. The summed E-state index contributed by atoms with van der Waals surface area (Å²) in [7, 11) is 1.96. The van der Waals surface area contributed by atoms with Crippen LogP contribution in [-0.4, -0.2) is 72.6 Å². The van der Waals surface area contributed by atoms with Crippen molar-refractivity contribution in [2.45, 2.75) is 6.54 Å². The van der Waals surface area contributed by atoms with E-state index >= 15 is 0 Å². The summed E-state index contributed by atoms with van der Waals surface area (Å²) >= 11 is 6.38. The van der Waals surface area contributed by atoms with E-state index in [1.54, 1.807) is 0 Å². The third-order valence-corrected chi connectivity index (χ3v) is 7.46. The number of aryl methyl sites for hydroxylation is 1. The number of aromatic nitrogens is 1. The molecule has 186 valence electrons. The van der Waals surface area contributed by atoms with Gasteiger partial charge in [0.25, 0.3) is 5.91 Å². The maximum absolute atomic E-state index is 13.3. The summed E-state index contributed by atoms with van der Waals surface area (Å²) in [6.07, 6.45) is 2.08. The molecular weight excluding hydrogens is 472 g/mol. The molecule has 36 heavy (non-hydrogen) atoms. The predicted octanol–water partition coefficient (Wildman–Crippen LogP) is 4.51. The first-order valence-corrected chi connectivity index (χ1v) is 12.8. The maximum Gasteiger partial charge on any atom is 0.270 e. The molecule has 3 heterocycles. The third-order valence-electron chi connectivity index (χ3n) is 7.14. The van der Waals surface area contributed by atoms with Crippen LogP contribution in [0, 0.1) is 6.57 Å². The second-order valence-electron chi connectivity index (χ2n) is 9.47. The number of benzene rings is 2. The predicted molar refractivity (Wildman–Crippen MR) is 145 cm³/mol. The Labute approximate surface area is 217 Å². The number of rotatable bonds is 5. The molecule has 2 fully saturated rings. The van der Waals surface area contributed by atoms with Crippen LogP contribution in [0.3, 0.4) is 0 Å². The van der Waals surface area contributed by atoms with Crippen LogP contribution in [0.1, 0.15) is 16.1 Å². The number of hydrogen-bond acceptors (Lipinski definition) is 4. The number of piperazine rings is 2. The normalized spacial score (nSPS) is 16.8. The molecule has 0 bridgehead atoms. The lowest BCUT2D eigenvalue weighted by atomic mass is 10.2. The Balaban J connectivity index is 1.16. The fraction of sp³-hybridized carbons (Fsp3) is 0.357. The van der Waals surface area contributed by atoms with Crippen molar-refractivity contribution in [2.24, 2.45) is 7.05 Å². The van der Waals surface area contributed by atoms with Gasteiger partial charge in [-0.15, -0.1) is 0 Å². The molecular formula is C28H31ClN6O. The van der Waals surface area contributed by atoms with Gasteiger partial charge in [-0.05, 0) is 35.9 Å². The van der Waals surface area contributed by atoms with Crippen LogP contribution in [-0.2, 0) is 13.6 Å². The van der Waals surface area contributed by atoms with Gasteiger partial charge in [0.1, 0.15) is 5.69 Å². The quantitative estimate of drug-likeness (QED) is 0.481. The lowest BCUT2D eigenvalue weighted by Crippen LogP contribution is -2.49. The molecule has 2 saturated heterocycles. The Hall–Kier alpha value is -3.47. The molecule has 0 radical (unpaired) electrons. The first kappa shape index (κ1) is 24.2. The molecule has 7 nitrogen and oxygen atoms in total. The van der Waals surface area contributed by atoms with Gasteiger partial charge in [0.05, 0.1) is 17.3 Å². The summed E-state index contributed by atoms with van der Waals surface area (Å²) < 4.78 is 1.96. The lowest BCUT2D eigenvalue weighted by molar-refractivity contribution is 0.0737. The van der Waals surface area contributed by atoms with Crippen molar-refractivity contribution in [1.82, 2.24) is 14.4 Å². The van der Waals surface area contributed by atoms with E-state index in [1.165, 1.54) is 5.56 Å². The lowest BCUT2D eigenvalue weighted by Gasteiger charge is -2.36. The highest BCUT2D eigenvalue weighted by Crippen LogP contribution is 2.27. The molecule has 2 aliphatic heterocycles. The molecule has 0 aliphatic carbocycles. The zero-order valence-electron chi connectivity index (χ0n) is 20.6. The van der Waals surface area contributed by atoms with Crippen molar-refractivity contribution in [2.75, 3.05) is 62.2 Å². The van der Waals surface area contributed by atoms with E-state index in [0.29, 0.717) is 18.8 Å². The Morgan fingerprint density at radius 3 is 2.36 bits per heavy atom. The van der Waals surface area contributed by atoms with Gasteiger partial charge in [-0.3, -0.25) is 9.69 Å². The second-order valence-corrected chi connectivity index (χ2v) is 9.88. The first-order chi connectivity index (χ1) is 17.5. The number of carbonyl (C=O) groups excluding carboxylic acids is 1. The average molecular weight is 503 g/mol. The highest BCUT2D eigenvalue weighted by atomic mass is 35.5. The fourth-order valence-corrected chi connectivity index (χ4v) is 5.39. The molecule has 5 rings (SSSR count). The molecule has 0 saturated carbocycles. The van der Waals surface area contributed by atoms with Crippen molar-refractivity contribution < 1.29 is 4.79 Å². The molecule has 8 heteroatoms. The van der Waals surface area contributed by atoms with Crippen molar-refractivity contribution in [1.29, 1.82) is 0 Å². The van der Waals surface area contributed by atoms with Crippen LogP contribution >= 0.6 is 11.6 Å². The molecule has 1 aromatic heterocycles. The zero-order chi connectivity index (χ0) is 25.1. The van der Waals surface area contributed by atoms with E-state index in [1.807, 2.05) is 65.0 Å². The van der Waals surface area contributed by atoms with Gasteiger partial charge < -0.3 is 19.3 Å². The maximum atomic E-state index is 13.3. The van der Waals surface area contributed by atoms with Crippen LogP contribution in [0.5, 0.6) is 0 Å². The van der Waals surface area contributed by atoms with Crippen molar-refractivity contribution >= 4 is 34.6 Å². The van der Waals surface area contributed by atoms with Gasteiger partial charge in [0.2, 0.25) is 0 Å². The highest BCUT2D eigenvalue weighted by Gasteiger charge is 2.25. The van der Waals surface area contributed by atoms with E-state index in [0.717, 1.165) is 67.9 Å². The Morgan fingerprint density at radius 1 is 0.917 bits per heavy atom. The Kier molecular flexibility index (Phi) is 7.17. The van der Waals surface area contributed by atoms with Crippen molar-refractivity contribution in [3.63, 3.8) is 0 Å². The minimum absolute atomic E-state index is 0.0850. The van der Waals surface area contributed by atoms with Crippen LogP contribution in [0.4, 0.5) is 17.1 Å². The number of anilines is 2. The average Bonchev–Trinajstić information content (AvgIpc) is 3.29. The standard InChI is InChI=1S/C28H31ClN6O/c1-30-23-6-5-7-24(19-23)33-14-16-35(17-15-33)28(36)27-18-22(20-31(27)2)21-32-10-12-34(13-11-32)26-9-4-3-8-25(26)29/h3-9,18-20H,10-17,21H2,2H3. The molecule has 1 amide bonds. The van der Waals surface area contributed by atoms with Gasteiger partial charge in [-0.25, -0.2) is 4.85 Å². The number of nitrogens with zero attached hydrogens (tertiary/aromatic N) is 6. The summed E-state index contributed by atoms with van der Waals surface area (Å²) in [6.45, 7) is 14.7. The van der Waals surface area contributed by atoms with Crippen LogP contribution in [0.15, 0.2) is 60.8 Å². The van der Waals surface area contributed by atoms with Crippen molar-refractivity contribution in [3.8, 4) is 0 Å². The topological polar surface area (TPSA) is 39.3 Å². The molecule has 3 aromatic rings. The summed E-state index contributed by atoms with van der Waals surface area (Å²) in [4.78, 5) is 25.8. The van der Waals surface area contributed by atoms with E-state index in [4.69, 9.17) is 18.2 Å². The molecule has 0 unspecified atom stereocenters. The molecule has 0 atom stereocenters. The summed E-state index contributed by atoms with van der Waals surface area (Å²) in [5.41, 5.74) is 4.70. The van der Waals surface area contributed by atoms with E-state index in [-0.39, 0.29) is 5.91 Å². The third kappa shape index (κ3) is 5.20. The fourth-order valence-electron chi connectivity index (χ4n) is 5.13. The number of carbonyl (C=O) groups is 1. The summed E-state index contributed by atoms with van der Waals surface area (Å²) in [6, 6.07) is 17.8. The second kappa shape index (κ2) is 10.7. The number of halogens is 1. The molecule has 0 N–H and O–H groups in total. The van der Waals surface area contributed by atoms with E-state index < -0.39 is 0 Å². The Bertz CT molecular complexity index is 1270. The smallest absolute Gasteiger partial charge is 0.270 e. The van der Waals surface area contributed by atoms with Crippen molar-refractivity contribution in [3.05, 3.63) is 88.5 Å².